The molecular weight excluding hydrogens is 288 g/mol. The van der Waals surface area contributed by atoms with E-state index in [4.69, 9.17) is 5.73 Å². The third kappa shape index (κ3) is 5.17. The van der Waals surface area contributed by atoms with Crippen molar-refractivity contribution in [3.05, 3.63) is 23.8 Å². The number of benzene rings is 1. The first kappa shape index (κ1) is 15.9. The summed E-state index contributed by atoms with van der Waals surface area (Å²) < 4.78 is 48.0. The molecule has 6 nitrogen and oxygen atoms in total. The summed E-state index contributed by atoms with van der Waals surface area (Å²) in [5.41, 5.74) is 6.82. The molecule has 19 heavy (non-hydrogen) atoms. The Hall–Kier alpha value is -1.12. The molecule has 1 aromatic carbocycles. The van der Waals surface area contributed by atoms with E-state index >= 15 is 0 Å². The number of rotatable bonds is 6. The summed E-state index contributed by atoms with van der Waals surface area (Å²) >= 11 is 0. The monoisotopic (exact) mass is 306 g/mol. The van der Waals surface area contributed by atoms with Gasteiger partial charge in [0.05, 0.1) is 10.6 Å². The van der Waals surface area contributed by atoms with Crippen LogP contribution in [0.15, 0.2) is 23.1 Å². The van der Waals surface area contributed by atoms with Gasteiger partial charge in [-0.2, -0.15) is 0 Å². The summed E-state index contributed by atoms with van der Waals surface area (Å²) in [6, 6.07) is 4.43. The van der Waals surface area contributed by atoms with Gasteiger partial charge in [-0.25, -0.2) is 21.6 Å². The fourth-order valence-electron chi connectivity index (χ4n) is 1.44. The Kier molecular flexibility index (Phi) is 4.94. The van der Waals surface area contributed by atoms with Crippen molar-refractivity contribution in [1.82, 2.24) is 4.72 Å². The van der Waals surface area contributed by atoms with Gasteiger partial charge in [-0.15, -0.1) is 0 Å². The number of aryl methyl sites for hydroxylation is 1. The Morgan fingerprint density at radius 2 is 1.84 bits per heavy atom. The van der Waals surface area contributed by atoms with Crippen LogP contribution in [0.25, 0.3) is 0 Å². The molecule has 0 amide bonds. The minimum atomic E-state index is -3.62. The van der Waals surface area contributed by atoms with Crippen molar-refractivity contribution in [2.75, 3.05) is 24.3 Å². The van der Waals surface area contributed by atoms with E-state index in [0.29, 0.717) is 11.3 Å². The predicted molar refractivity (Wildman–Crippen MR) is 75.1 cm³/mol. The molecule has 0 unspecified atom stereocenters. The number of nitrogens with one attached hydrogen (secondary N) is 1. The lowest BCUT2D eigenvalue weighted by Crippen LogP contribution is -2.26. The average Bonchev–Trinajstić information content (AvgIpc) is 2.27. The maximum atomic E-state index is 11.9. The molecule has 0 aromatic heterocycles. The first-order chi connectivity index (χ1) is 8.62. The Labute approximate surface area is 114 Å². The lowest BCUT2D eigenvalue weighted by atomic mass is 10.2. The van der Waals surface area contributed by atoms with Crippen molar-refractivity contribution in [2.24, 2.45) is 0 Å². The number of sulfone groups is 1. The molecule has 0 aliphatic carbocycles. The van der Waals surface area contributed by atoms with Gasteiger partial charge in [-0.05, 0) is 37.1 Å². The fourth-order valence-corrected chi connectivity index (χ4v) is 3.27. The second-order valence-corrected chi connectivity index (χ2v) is 8.43. The van der Waals surface area contributed by atoms with E-state index in [0.717, 1.165) is 6.26 Å². The molecule has 8 heteroatoms. The van der Waals surface area contributed by atoms with Crippen LogP contribution >= 0.6 is 0 Å². The number of sulfonamides is 1. The highest BCUT2D eigenvalue weighted by Crippen LogP contribution is 2.16. The molecule has 0 saturated heterocycles. The van der Waals surface area contributed by atoms with Gasteiger partial charge < -0.3 is 5.73 Å². The van der Waals surface area contributed by atoms with E-state index in [2.05, 4.69) is 4.72 Å². The molecule has 0 heterocycles. The van der Waals surface area contributed by atoms with Crippen LogP contribution in [0.5, 0.6) is 0 Å². The Morgan fingerprint density at radius 1 is 1.21 bits per heavy atom. The smallest absolute Gasteiger partial charge is 0.240 e. The van der Waals surface area contributed by atoms with Gasteiger partial charge >= 0.3 is 0 Å². The van der Waals surface area contributed by atoms with Crippen LogP contribution in [-0.2, 0) is 19.9 Å². The van der Waals surface area contributed by atoms with Crippen LogP contribution in [0.1, 0.15) is 12.0 Å². The molecule has 0 aliphatic heterocycles. The van der Waals surface area contributed by atoms with Crippen LogP contribution in [0.3, 0.4) is 0 Å². The lowest BCUT2D eigenvalue weighted by molar-refractivity contribution is 0.577. The summed E-state index contributed by atoms with van der Waals surface area (Å²) in [5, 5.41) is 0. The quantitative estimate of drug-likeness (QED) is 0.580. The van der Waals surface area contributed by atoms with Gasteiger partial charge in [-0.1, -0.05) is 0 Å². The van der Waals surface area contributed by atoms with Gasteiger partial charge in [0.2, 0.25) is 10.0 Å². The molecule has 0 saturated carbocycles. The summed E-state index contributed by atoms with van der Waals surface area (Å²) in [4.78, 5) is 0.124. The van der Waals surface area contributed by atoms with E-state index in [1.165, 1.54) is 18.2 Å². The molecule has 1 rings (SSSR count). The van der Waals surface area contributed by atoms with Crippen molar-refractivity contribution in [3.8, 4) is 0 Å². The SMILES string of the molecule is Cc1cc(S(=O)(=O)NCCCS(C)(=O)=O)ccc1N. The van der Waals surface area contributed by atoms with Crippen LogP contribution in [0, 0.1) is 6.92 Å². The van der Waals surface area contributed by atoms with E-state index in [1.807, 2.05) is 0 Å². The third-order valence-corrected chi connectivity index (χ3v) is 5.02. The normalized spacial score (nSPS) is 12.5. The van der Waals surface area contributed by atoms with E-state index < -0.39 is 19.9 Å². The number of nitrogens with two attached hydrogens (primary N) is 1. The van der Waals surface area contributed by atoms with Crippen molar-refractivity contribution in [3.63, 3.8) is 0 Å². The first-order valence-corrected chi connectivity index (χ1v) is 9.20. The van der Waals surface area contributed by atoms with Gasteiger partial charge in [-0.3, -0.25) is 0 Å². The second kappa shape index (κ2) is 5.89. The zero-order valence-electron chi connectivity index (χ0n) is 10.9. The van der Waals surface area contributed by atoms with Gasteiger partial charge in [0, 0.05) is 18.5 Å². The number of anilines is 1. The number of nitrogen functional groups attached to an aromatic ring is 1. The molecule has 3 N–H and O–H groups in total. The molecule has 1 aromatic rings. The Balaban J connectivity index is 2.68. The molecule has 0 radical (unpaired) electrons. The maximum Gasteiger partial charge on any atom is 0.240 e. The fraction of sp³-hybridized carbons (Fsp3) is 0.455. The second-order valence-electron chi connectivity index (χ2n) is 4.40. The number of hydrogen-bond acceptors (Lipinski definition) is 5. The van der Waals surface area contributed by atoms with Gasteiger partial charge in [0.25, 0.3) is 0 Å². The highest BCUT2D eigenvalue weighted by molar-refractivity contribution is 7.90. The highest BCUT2D eigenvalue weighted by atomic mass is 32.2. The molecular formula is C11H18N2O4S2. The van der Waals surface area contributed by atoms with Crippen LogP contribution < -0.4 is 10.5 Å². The largest absolute Gasteiger partial charge is 0.399 e. The lowest BCUT2D eigenvalue weighted by Gasteiger charge is -2.08. The molecule has 0 bridgehead atoms. The van der Waals surface area contributed by atoms with Crippen molar-refractivity contribution in [1.29, 1.82) is 0 Å². The summed E-state index contributed by atoms with van der Waals surface area (Å²) in [7, 11) is -6.69. The van der Waals surface area contributed by atoms with Gasteiger partial charge in [0.15, 0.2) is 0 Å². The molecule has 108 valence electrons. The molecule has 0 spiro atoms. The zero-order chi connectivity index (χ0) is 14.7. The Morgan fingerprint density at radius 3 is 2.37 bits per heavy atom. The third-order valence-electron chi connectivity index (χ3n) is 2.54. The van der Waals surface area contributed by atoms with E-state index in [1.54, 1.807) is 6.92 Å². The van der Waals surface area contributed by atoms with Gasteiger partial charge in [0.1, 0.15) is 9.84 Å². The van der Waals surface area contributed by atoms with Crippen LogP contribution in [0.4, 0.5) is 5.69 Å². The molecule has 0 fully saturated rings. The van der Waals surface area contributed by atoms with E-state index in [-0.39, 0.29) is 23.6 Å². The van der Waals surface area contributed by atoms with Crippen molar-refractivity contribution in [2.45, 2.75) is 18.2 Å². The van der Waals surface area contributed by atoms with E-state index in [9.17, 15) is 16.8 Å². The summed E-state index contributed by atoms with van der Waals surface area (Å²) in [5.74, 6) is -0.0454. The molecule has 0 aliphatic rings. The van der Waals surface area contributed by atoms with Crippen LogP contribution in [0.2, 0.25) is 0 Å². The van der Waals surface area contributed by atoms with Crippen LogP contribution in [-0.4, -0.2) is 35.4 Å². The minimum absolute atomic E-state index is 0.0454. The van der Waals surface area contributed by atoms with Crippen molar-refractivity contribution >= 4 is 25.5 Å². The average molecular weight is 306 g/mol. The molecule has 0 atom stereocenters. The summed E-state index contributed by atoms with van der Waals surface area (Å²) in [6.45, 7) is 1.80. The standard InChI is InChI=1S/C11H18N2O4S2/c1-9-8-10(4-5-11(9)12)19(16,17)13-6-3-7-18(2,14)15/h4-5,8,13H,3,6-7,12H2,1-2H3. The number of hydrogen-bond donors (Lipinski definition) is 2. The topological polar surface area (TPSA) is 106 Å². The zero-order valence-corrected chi connectivity index (χ0v) is 12.5. The summed E-state index contributed by atoms with van der Waals surface area (Å²) in [6.07, 6.45) is 1.36. The predicted octanol–water partition coefficient (Wildman–Crippen LogP) is 0.290. The maximum absolute atomic E-state index is 11.9. The Bertz CT molecular complexity index is 651. The first-order valence-electron chi connectivity index (χ1n) is 5.65. The van der Waals surface area contributed by atoms with Crippen molar-refractivity contribution < 1.29 is 16.8 Å². The highest BCUT2D eigenvalue weighted by Gasteiger charge is 2.14. The minimum Gasteiger partial charge on any atom is -0.399 e.